The van der Waals surface area contributed by atoms with Gasteiger partial charge in [0, 0.05) is 25.3 Å². The number of carbonyl (C=O) groups excluding carboxylic acids is 2. The van der Waals surface area contributed by atoms with Crippen LogP contribution < -0.4 is 5.32 Å². The van der Waals surface area contributed by atoms with E-state index < -0.39 is 10.0 Å². The lowest BCUT2D eigenvalue weighted by molar-refractivity contribution is -0.150. The first-order valence-electron chi connectivity index (χ1n) is 10.2. The Bertz CT molecular complexity index is 836. The molecular weight excluding hydrogens is 394 g/mol. The third-order valence-electron chi connectivity index (χ3n) is 5.31. The van der Waals surface area contributed by atoms with Crippen molar-refractivity contribution in [2.75, 3.05) is 44.6 Å². The van der Waals surface area contributed by atoms with Gasteiger partial charge in [0.2, 0.25) is 15.9 Å². The number of anilines is 1. The third kappa shape index (κ3) is 5.55. The minimum Gasteiger partial charge on any atom is -0.466 e. The van der Waals surface area contributed by atoms with Crippen LogP contribution in [0.2, 0.25) is 0 Å². The van der Waals surface area contributed by atoms with Gasteiger partial charge in [0.15, 0.2) is 0 Å². The molecule has 2 aliphatic heterocycles. The lowest BCUT2D eigenvalue weighted by atomic mass is 9.98. The van der Waals surface area contributed by atoms with E-state index in [9.17, 15) is 18.0 Å². The summed E-state index contributed by atoms with van der Waals surface area (Å²) in [5.74, 6) is -0.645. The molecule has 1 aromatic carbocycles. The molecular formula is C20H29N3O5S. The van der Waals surface area contributed by atoms with Crippen LogP contribution in [0.1, 0.15) is 32.6 Å². The van der Waals surface area contributed by atoms with E-state index in [1.807, 2.05) is 4.90 Å². The van der Waals surface area contributed by atoms with Gasteiger partial charge in [0.25, 0.3) is 0 Å². The second kappa shape index (κ2) is 9.69. The number of piperidine rings is 1. The summed E-state index contributed by atoms with van der Waals surface area (Å²) in [6.45, 7) is 4.60. The molecule has 0 aromatic heterocycles. The molecule has 0 bridgehead atoms. The van der Waals surface area contributed by atoms with Crippen LogP contribution in [0.3, 0.4) is 0 Å². The summed E-state index contributed by atoms with van der Waals surface area (Å²) in [6, 6.07) is 6.37. The lowest BCUT2D eigenvalue weighted by Crippen LogP contribution is -2.43. The number of carbonyl (C=O) groups is 2. The van der Waals surface area contributed by atoms with Crippen LogP contribution >= 0.6 is 0 Å². The fourth-order valence-electron chi connectivity index (χ4n) is 3.87. The number of benzene rings is 1. The molecule has 1 amide bonds. The topological polar surface area (TPSA) is 96.0 Å². The van der Waals surface area contributed by atoms with Gasteiger partial charge in [-0.15, -0.1) is 0 Å². The third-order valence-corrected chi connectivity index (χ3v) is 7.21. The molecule has 2 heterocycles. The quantitative estimate of drug-likeness (QED) is 0.671. The largest absolute Gasteiger partial charge is 0.466 e. The van der Waals surface area contributed by atoms with Crippen molar-refractivity contribution in [1.82, 2.24) is 9.21 Å². The highest BCUT2D eigenvalue weighted by Crippen LogP contribution is 2.23. The first-order valence-corrected chi connectivity index (χ1v) is 11.6. The van der Waals surface area contributed by atoms with Crippen molar-refractivity contribution in [3.63, 3.8) is 0 Å². The van der Waals surface area contributed by atoms with E-state index in [0.717, 1.165) is 32.2 Å². The molecule has 1 aromatic rings. The molecule has 8 nitrogen and oxygen atoms in total. The van der Waals surface area contributed by atoms with Crippen LogP contribution in [0.15, 0.2) is 29.2 Å². The molecule has 3 rings (SSSR count). The van der Waals surface area contributed by atoms with E-state index in [-0.39, 0.29) is 29.2 Å². The predicted molar refractivity (Wildman–Crippen MR) is 109 cm³/mol. The number of ether oxygens (including phenoxy) is 1. The van der Waals surface area contributed by atoms with Gasteiger partial charge >= 0.3 is 5.97 Å². The summed E-state index contributed by atoms with van der Waals surface area (Å²) in [5, 5.41) is 2.78. The van der Waals surface area contributed by atoms with Crippen molar-refractivity contribution >= 4 is 27.6 Å². The fraction of sp³-hybridized carbons (Fsp3) is 0.600. The first-order chi connectivity index (χ1) is 13.9. The number of nitrogens with one attached hydrogen (secondary N) is 1. The SMILES string of the molecule is CCOC(=O)C1CCCN(CC(=O)Nc2cccc(S(=O)(=O)N3CCCC3)c2)C1. The Kier molecular flexibility index (Phi) is 7.26. The summed E-state index contributed by atoms with van der Waals surface area (Å²) in [6.07, 6.45) is 3.35. The number of rotatable bonds is 7. The molecule has 0 spiro atoms. The first kappa shape index (κ1) is 21.7. The predicted octanol–water partition coefficient (Wildman–Crippen LogP) is 1.68. The second-order valence-electron chi connectivity index (χ2n) is 7.51. The monoisotopic (exact) mass is 423 g/mol. The van der Waals surface area contributed by atoms with Crippen molar-refractivity contribution in [3.05, 3.63) is 24.3 Å². The number of sulfonamides is 1. The Labute approximate surface area is 172 Å². The molecule has 1 N–H and O–H groups in total. The molecule has 2 fully saturated rings. The second-order valence-corrected chi connectivity index (χ2v) is 9.45. The van der Waals surface area contributed by atoms with Gasteiger partial charge in [-0.1, -0.05) is 6.07 Å². The summed E-state index contributed by atoms with van der Waals surface area (Å²) >= 11 is 0. The summed E-state index contributed by atoms with van der Waals surface area (Å²) in [5.41, 5.74) is 0.453. The maximum Gasteiger partial charge on any atom is 0.310 e. The number of hydrogen-bond acceptors (Lipinski definition) is 6. The molecule has 0 radical (unpaired) electrons. The normalized spacial score (nSPS) is 21.1. The minimum atomic E-state index is -3.53. The standard InChI is InChI=1S/C20H29N3O5S/c1-2-28-20(25)16-7-6-10-22(14-16)15-19(24)21-17-8-5-9-18(13-17)29(26,27)23-11-3-4-12-23/h5,8-9,13,16H,2-4,6-7,10-12,14-15H2,1H3,(H,21,24). The zero-order valence-electron chi connectivity index (χ0n) is 16.8. The number of nitrogens with zero attached hydrogens (tertiary/aromatic N) is 2. The molecule has 160 valence electrons. The number of likely N-dealkylation sites (tertiary alicyclic amines) is 1. The van der Waals surface area contributed by atoms with E-state index >= 15 is 0 Å². The van der Waals surface area contributed by atoms with Gasteiger partial charge in [-0.05, 0) is 57.4 Å². The maximum absolute atomic E-state index is 12.7. The van der Waals surface area contributed by atoms with Crippen LogP contribution in [0.4, 0.5) is 5.69 Å². The zero-order valence-corrected chi connectivity index (χ0v) is 17.6. The van der Waals surface area contributed by atoms with E-state index in [0.29, 0.717) is 31.9 Å². The molecule has 9 heteroatoms. The van der Waals surface area contributed by atoms with Crippen LogP contribution in [0.25, 0.3) is 0 Å². The molecule has 2 aliphatic rings. The Balaban J connectivity index is 1.59. The number of esters is 1. The van der Waals surface area contributed by atoms with E-state index in [1.54, 1.807) is 25.1 Å². The van der Waals surface area contributed by atoms with Crippen LogP contribution in [0, 0.1) is 5.92 Å². The Morgan fingerprint density at radius 2 is 1.93 bits per heavy atom. The van der Waals surface area contributed by atoms with Crippen molar-refractivity contribution in [2.24, 2.45) is 5.92 Å². The maximum atomic E-state index is 12.7. The highest BCUT2D eigenvalue weighted by atomic mass is 32.2. The summed E-state index contributed by atoms with van der Waals surface area (Å²) < 4.78 is 32.0. The fourth-order valence-corrected chi connectivity index (χ4v) is 5.43. The molecule has 1 atom stereocenters. The Morgan fingerprint density at radius 1 is 1.17 bits per heavy atom. The average Bonchev–Trinajstić information content (AvgIpc) is 3.24. The van der Waals surface area contributed by atoms with Crippen LogP contribution in [0.5, 0.6) is 0 Å². The van der Waals surface area contributed by atoms with Gasteiger partial charge in [-0.2, -0.15) is 4.31 Å². The van der Waals surface area contributed by atoms with Gasteiger partial charge in [-0.3, -0.25) is 14.5 Å². The van der Waals surface area contributed by atoms with E-state index in [1.165, 1.54) is 10.4 Å². The smallest absolute Gasteiger partial charge is 0.310 e. The number of hydrogen-bond donors (Lipinski definition) is 1. The van der Waals surface area contributed by atoms with Crippen molar-refractivity contribution in [3.8, 4) is 0 Å². The van der Waals surface area contributed by atoms with Crippen LogP contribution in [-0.2, 0) is 24.3 Å². The van der Waals surface area contributed by atoms with Gasteiger partial charge in [-0.25, -0.2) is 8.42 Å². The summed E-state index contributed by atoms with van der Waals surface area (Å²) in [7, 11) is -3.53. The lowest BCUT2D eigenvalue weighted by Gasteiger charge is -2.30. The zero-order chi connectivity index (χ0) is 20.9. The van der Waals surface area contributed by atoms with Gasteiger partial charge in [0.1, 0.15) is 0 Å². The average molecular weight is 424 g/mol. The van der Waals surface area contributed by atoms with E-state index in [4.69, 9.17) is 4.74 Å². The molecule has 1 unspecified atom stereocenters. The Morgan fingerprint density at radius 3 is 2.66 bits per heavy atom. The van der Waals surface area contributed by atoms with Gasteiger partial charge in [0.05, 0.1) is 24.0 Å². The van der Waals surface area contributed by atoms with Crippen molar-refractivity contribution < 1.29 is 22.7 Å². The van der Waals surface area contributed by atoms with Crippen LogP contribution in [-0.4, -0.2) is 68.8 Å². The highest BCUT2D eigenvalue weighted by molar-refractivity contribution is 7.89. The van der Waals surface area contributed by atoms with Crippen molar-refractivity contribution in [1.29, 1.82) is 0 Å². The molecule has 2 saturated heterocycles. The molecule has 0 aliphatic carbocycles. The summed E-state index contributed by atoms with van der Waals surface area (Å²) in [4.78, 5) is 26.5. The number of amides is 1. The highest BCUT2D eigenvalue weighted by Gasteiger charge is 2.29. The molecule has 0 saturated carbocycles. The van der Waals surface area contributed by atoms with E-state index in [2.05, 4.69) is 5.32 Å². The molecule has 29 heavy (non-hydrogen) atoms. The Hall–Kier alpha value is -1.97. The van der Waals surface area contributed by atoms with Crippen molar-refractivity contribution in [2.45, 2.75) is 37.5 Å². The minimum absolute atomic E-state index is 0.152. The van der Waals surface area contributed by atoms with Gasteiger partial charge < -0.3 is 10.1 Å².